The molecule has 0 aromatic rings. The number of aliphatic hydroxyl groups is 1. The zero-order valence-corrected chi connectivity index (χ0v) is 14.2. The number of alkyl halides is 1. The van der Waals surface area contributed by atoms with Crippen molar-refractivity contribution in [2.75, 3.05) is 25.7 Å². The van der Waals surface area contributed by atoms with Crippen molar-refractivity contribution in [2.24, 2.45) is 11.8 Å². The van der Waals surface area contributed by atoms with Gasteiger partial charge >= 0.3 is 17.9 Å². The van der Waals surface area contributed by atoms with E-state index in [1.165, 1.54) is 0 Å². The summed E-state index contributed by atoms with van der Waals surface area (Å²) >= 11 is 5.45. The monoisotopic (exact) mass is 362 g/mol. The van der Waals surface area contributed by atoms with E-state index < -0.39 is 35.8 Å². The minimum atomic E-state index is -0.927. The van der Waals surface area contributed by atoms with Crippen LogP contribution in [-0.2, 0) is 28.6 Å². The summed E-state index contributed by atoms with van der Waals surface area (Å²) in [4.78, 5) is 35.2. The number of aliphatic hydroxyl groups excluding tert-OH is 1. The van der Waals surface area contributed by atoms with Crippen LogP contribution in [0.15, 0.2) is 12.7 Å². The molecule has 3 atom stereocenters. The summed E-state index contributed by atoms with van der Waals surface area (Å²) in [5, 5.41) is 9.34. The Kier molecular flexibility index (Phi) is 9.41. The summed E-state index contributed by atoms with van der Waals surface area (Å²) in [6.07, 6.45) is 2.79. The third-order valence-corrected chi connectivity index (χ3v) is 4.06. The molecule has 0 spiro atoms. The molecular formula is C16H23ClO7. The van der Waals surface area contributed by atoms with Crippen LogP contribution in [0.4, 0.5) is 0 Å². The smallest absolute Gasteiger partial charge is 0.330 e. The number of carbonyl (C=O) groups excluding carboxylic acids is 3. The minimum Gasteiger partial charge on any atom is -0.463 e. The predicted molar refractivity (Wildman–Crippen MR) is 85.2 cm³/mol. The van der Waals surface area contributed by atoms with Gasteiger partial charge in [-0.15, -0.1) is 11.6 Å². The van der Waals surface area contributed by atoms with E-state index in [0.29, 0.717) is 12.8 Å². The molecule has 136 valence electrons. The second-order valence-electron chi connectivity index (χ2n) is 5.47. The van der Waals surface area contributed by atoms with Crippen molar-refractivity contribution in [1.82, 2.24) is 0 Å². The number of hydrogen-bond donors (Lipinski definition) is 1. The van der Waals surface area contributed by atoms with Gasteiger partial charge in [0.25, 0.3) is 0 Å². The van der Waals surface area contributed by atoms with Gasteiger partial charge in [-0.05, 0) is 12.8 Å². The first-order valence-electron chi connectivity index (χ1n) is 7.86. The molecule has 1 rings (SSSR count). The third kappa shape index (κ3) is 6.88. The standard InChI is InChI=1S/C16H23ClO7/c1-2-14(19)22-7-8-23-15(20)12-5-3-4-6-13(12)16(21)24-10-11(18)9-17/h2,11-13,18H,1,3-10H2. The molecule has 0 heterocycles. The summed E-state index contributed by atoms with van der Waals surface area (Å²) in [6, 6.07) is 0. The maximum absolute atomic E-state index is 12.2. The quantitative estimate of drug-likeness (QED) is 0.216. The van der Waals surface area contributed by atoms with Gasteiger partial charge in [-0.2, -0.15) is 0 Å². The van der Waals surface area contributed by atoms with Crippen molar-refractivity contribution in [1.29, 1.82) is 0 Å². The summed E-state index contributed by atoms with van der Waals surface area (Å²) in [7, 11) is 0. The van der Waals surface area contributed by atoms with Gasteiger partial charge in [0.15, 0.2) is 0 Å². The second kappa shape index (κ2) is 11.0. The summed E-state index contributed by atoms with van der Waals surface area (Å²) in [6.45, 7) is 2.91. The average molecular weight is 363 g/mol. The highest BCUT2D eigenvalue weighted by Crippen LogP contribution is 2.32. The van der Waals surface area contributed by atoms with E-state index >= 15 is 0 Å². The first kappa shape index (κ1) is 20.4. The molecule has 1 aliphatic rings. The predicted octanol–water partition coefficient (Wildman–Crippen LogP) is 1.21. The molecule has 0 saturated heterocycles. The van der Waals surface area contributed by atoms with E-state index in [9.17, 15) is 19.5 Å². The highest BCUT2D eigenvalue weighted by Gasteiger charge is 2.38. The van der Waals surface area contributed by atoms with Crippen molar-refractivity contribution < 1.29 is 33.7 Å². The van der Waals surface area contributed by atoms with Crippen LogP contribution in [0.2, 0.25) is 0 Å². The van der Waals surface area contributed by atoms with E-state index in [1.54, 1.807) is 0 Å². The van der Waals surface area contributed by atoms with E-state index in [4.69, 9.17) is 25.8 Å². The van der Waals surface area contributed by atoms with Crippen molar-refractivity contribution >= 4 is 29.5 Å². The number of hydrogen-bond acceptors (Lipinski definition) is 7. The van der Waals surface area contributed by atoms with Crippen LogP contribution in [0.1, 0.15) is 25.7 Å². The molecule has 0 aromatic carbocycles. The van der Waals surface area contributed by atoms with Gasteiger partial charge in [0.1, 0.15) is 25.9 Å². The largest absolute Gasteiger partial charge is 0.463 e. The first-order valence-corrected chi connectivity index (χ1v) is 8.39. The van der Waals surface area contributed by atoms with E-state index in [-0.39, 0.29) is 25.7 Å². The lowest BCUT2D eigenvalue weighted by Crippen LogP contribution is -2.36. The zero-order chi connectivity index (χ0) is 17.9. The molecule has 0 radical (unpaired) electrons. The molecule has 0 amide bonds. The van der Waals surface area contributed by atoms with Gasteiger partial charge in [0, 0.05) is 6.08 Å². The van der Waals surface area contributed by atoms with Crippen LogP contribution in [0.25, 0.3) is 0 Å². The Bertz CT molecular complexity index is 452. The molecule has 8 heteroatoms. The Balaban J connectivity index is 2.46. The lowest BCUT2D eigenvalue weighted by atomic mass is 9.79. The fraction of sp³-hybridized carbons (Fsp3) is 0.688. The van der Waals surface area contributed by atoms with E-state index in [1.807, 2.05) is 0 Å². The van der Waals surface area contributed by atoms with Crippen LogP contribution >= 0.6 is 11.6 Å². The highest BCUT2D eigenvalue weighted by atomic mass is 35.5. The normalized spacial score (nSPS) is 21.4. The molecule has 1 fully saturated rings. The minimum absolute atomic E-state index is 0.0349. The van der Waals surface area contributed by atoms with Crippen LogP contribution < -0.4 is 0 Å². The second-order valence-corrected chi connectivity index (χ2v) is 5.78. The molecule has 1 N–H and O–H groups in total. The summed E-state index contributed by atoms with van der Waals surface area (Å²) in [5.41, 5.74) is 0. The zero-order valence-electron chi connectivity index (χ0n) is 13.4. The molecule has 3 unspecified atom stereocenters. The number of halogens is 1. The summed E-state index contributed by atoms with van der Waals surface area (Å²) < 4.78 is 14.8. The fourth-order valence-electron chi connectivity index (χ4n) is 2.48. The van der Waals surface area contributed by atoms with Crippen molar-refractivity contribution in [3.8, 4) is 0 Å². The Morgan fingerprint density at radius 3 is 2.17 bits per heavy atom. The van der Waals surface area contributed by atoms with E-state index in [0.717, 1.165) is 18.9 Å². The van der Waals surface area contributed by atoms with Crippen molar-refractivity contribution in [3.63, 3.8) is 0 Å². The first-order chi connectivity index (χ1) is 11.5. The average Bonchev–Trinajstić information content (AvgIpc) is 2.62. The fourth-order valence-corrected chi connectivity index (χ4v) is 2.56. The topological polar surface area (TPSA) is 99.1 Å². The number of rotatable bonds is 9. The van der Waals surface area contributed by atoms with Gasteiger partial charge in [-0.1, -0.05) is 19.4 Å². The van der Waals surface area contributed by atoms with Crippen molar-refractivity contribution in [2.45, 2.75) is 31.8 Å². The molecule has 0 bridgehead atoms. The maximum atomic E-state index is 12.2. The van der Waals surface area contributed by atoms with Crippen LogP contribution in [0.3, 0.4) is 0 Å². The van der Waals surface area contributed by atoms with Crippen LogP contribution in [0.5, 0.6) is 0 Å². The molecule has 24 heavy (non-hydrogen) atoms. The summed E-state index contributed by atoms with van der Waals surface area (Å²) in [5.74, 6) is -2.85. The van der Waals surface area contributed by atoms with Gasteiger partial charge < -0.3 is 19.3 Å². The number of carbonyl (C=O) groups is 3. The van der Waals surface area contributed by atoms with Gasteiger partial charge in [0.2, 0.25) is 0 Å². The Morgan fingerprint density at radius 2 is 1.62 bits per heavy atom. The molecule has 7 nitrogen and oxygen atoms in total. The lowest BCUT2D eigenvalue weighted by molar-refractivity contribution is -0.165. The number of esters is 3. The lowest BCUT2D eigenvalue weighted by Gasteiger charge is -2.28. The maximum Gasteiger partial charge on any atom is 0.330 e. The van der Waals surface area contributed by atoms with Gasteiger partial charge in [-0.3, -0.25) is 9.59 Å². The Labute approximate surface area is 145 Å². The van der Waals surface area contributed by atoms with E-state index in [2.05, 4.69) is 6.58 Å². The van der Waals surface area contributed by atoms with Gasteiger partial charge in [0.05, 0.1) is 17.7 Å². The molecule has 0 aliphatic heterocycles. The molecular weight excluding hydrogens is 340 g/mol. The van der Waals surface area contributed by atoms with Gasteiger partial charge in [-0.25, -0.2) is 4.79 Å². The molecule has 1 aliphatic carbocycles. The SMILES string of the molecule is C=CC(=O)OCCOC(=O)C1CCCCC1C(=O)OCC(O)CCl. The molecule has 0 aromatic heterocycles. The van der Waals surface area contributed by atoms with Crippen LogP contribution in [0, 0.1) is 11.8 Å². The van der Waals surface area contributed by atoms with Crippen LogP contribution in [-0.4, -0.2) is 54.8 Å². The highest BCUT2D eigenvalue weighted by molar-refractivity contribution is 6.18. The Hall–Kier alpha value is -1.60. The van der Waals surface area contributed by atoms with Crippen molar-refractivity contribution in [3.05, 3.63) is 12.7 Å². The Morgan fingerprint density at radius 1 is 1.08 bits per heavy atom. The third-order valence-electron chi connectivity index (χ3n) is 3.71. The number of ether oxygens (including phenoxy) is 3. The molecule has 1 saturated carbocycles.